The molecule has 0 saturated heterocycles. The summed E-state index contributed by atoms with van der Waals surface area (Å²) in [6, 6.07) is 34.3. The summed E-state index contributed by atoms with van der Waals surface area (Å²) in [7, 11) is 4.15. The van der Waals surface area contributed by atoms with Gasteiger partial charge in [0.05, 0.1) is 11.4 Å². The fourth-order valence-electron chi connectivity index (χ4n) is 5.62. The SMILES string of the molecule is CC(C)c1cccc(C(C)C)c1N=C(c1ccccc1)N(C(=Nc1c(C(C)C)cccc1C(C)C)c1ccccc1)N(C)C. The Hall–Kier alpha value is -4.02. The standard InChI is InChI=1S/C40H50N4/c1-27(2)33-23-17-24-34(28(3)4)37(33)41-39(31-19-13-11-14-20-31)44(43(9)10)40(32-21-15-12-16-22-32)42-38-35(29(5)6)25-18-26-36(38)30(7)8/h11-30H,1-10H3. The molecule has 0 fully saturated rings. The van der Waals surface area contributed by atoms with Gasteiger partial charge in [0.2, 0.25) is 0 Å². The first-order chi connectivity index (χ1) is 21.0. The van der Waals surface area contributed by atoms with Gasteiger partial charge in [0, 0.05) is 25.2 Å². The Morgan fingerprint density at radius 3 is 0.977 bits per heavy atom. The molecule has 230 valence electrons. The van der Waals surface area contributed by atoms with Gasteiger partial charge < -0.3 is 0 Å². The summed E-state index contributed by atoms with van der Waals surface area (Å²) in [5.41, 5.74) is 9.12. The van der Waals surface area contributed by atoms with Crippen LogP contribution < -0.4 is 0 Å². The van der Waals surface area contributed by atoms with E-state index in [0.717, 1.165) is 34.2 Å². The molecule has 0 aliphatic heterocycles. The van der Waals surface area contributed by atoms with Crippen LogP contribution in [-0.4, -0.2) is 35.8 Å². The number of para-hydroxylation sites is 2. The lowest BCUT2D eigenvalue weighted by molar-refractivity contribution is 0.199. The van der Waals surface area contributed by atoms with Gasteiger partial charge >= 0.3 is 0 Å². The van der Waals surface area contributed by atoms with E-state index in [1.807, 2.05) is 0 Å². The van der Waals surface area contributed by atoms with Gasteiger partial charge in [-0.3, -0.25) is 0 Å². The molecule has 0 unspecified atom stereocenters. The largest absolute Gasteiger partial charge is 0.238 e. The van der Waals surface area contributed by atoms with Crippen LogP contribution in [0.2, 0.25) is 0 Å². The summed E-state index contributed by atoms with van der Waals surface area (Å²) < 4.78 is 0. The van der Waals surface area contributed by atoms with Gasteiger partial charge in [-0.1, -0.05) is 152 Å². The lowest BCUT2D eigenvalue weighted by atomic mass is 9.92. The van der Waals surface area contributed by atoms with Gasteiger partial charge in [-0.05, 0) is 45.9 Å². The van der Waals surface area contributed by atoms with Crippen molar-refractivity contribution >= 4 is 23.0 Å². The third-order valence-corrected chi connectivity index (χ3v) is 7.99. The quantitative estimate of drug-likeness (QED) is 0.111. The predicted octanol–water partition coefficient (Wildman–Crippen LogP) is 10.8. The summed E-state index contributed by atoms with van der Waals surface area (Å²) in [5.74, 6) is 2.97. The van der Waals surface area contributed by atoms with Gasteiger partial charge in [-0.25, -0.2) is 20.0 Å². The highest BCUT2D eigenvalue weighted by molar-refractivity contribution is 6.15. The van der Waals surface area contributed by atoms with Gasteiger partial charge in [0.25, 0.3) is 0 Å². The van der Waals surface area contributed by atoms with Crippen LogP contribution in [0.25, 0.3) is 0 Å². The number of amidine groups is 2. The van der Waals surface area contributed by atoms with Crippen molar-refractivity contribution in [3.63, 3.8) is 0 Å². The van der Waals surface area contributed by atoms with Crippen LogP contribution in [0, 0.1) is 0 Å². The lowest BCUT2D eigenvalue weighted by Gasteiger charge is -2.34. The van der Waals surface area contributed by atoms with Crippen LogP contribution in [0.3, 0.4) is 0 Å². The van der Waals surface area contributed by atoms with Gasteiger partial charge in [-0.15, -0.1) is 0 Å². The second kappa shape index (κ2) is 14.6. The summed E-state index contributed by atoms with van der Waals surface area (Å²) in [6.45, 7) is 18.0. The van der Waals surface area contributed by atoms with E-state index in [2.05, 4.69) is 177 Å². The average molecular weight is 587 g/mol. The van der Waals surface area contributed by atoms with Crippen LogP contribution in [0.1, 0.15) is 112 Å². The monoisotopic (exact) mass is 586 g/mol. The molecule has 0 bridgehead atoms. The third kappa shape index (κ3) is 7.36. The molecule has 0 aliphatic rings. The molecule has 44 heavy (non-hydrogen) atoms. The fraction of sp³-hybridized carbons (Fsp3) is 0.350. The van der Waals surface area contributed by atoms with E-state index < -0.39 is 0 Å². The normalized spacial score (nSPS) is 12.7. The number of rotatable bonds is 9. The highest BCUT2D eigenvalue weighted by atomic mass is 15.6. The molecule has 0 aromatic heterocycles. The van der Waals surface area contributed by atoms with E-state index in [9.17, 15) is 0 Å². The summed E-state index contributed by atoms with van der Waals surface area (Å²) >= 11 is 0. The predicted molar refractivity (Wildman–Crippen MR) is 190 cm³/mol. The maximum absolute atomic E-state index is 5.62. The number of benzene rings is 4. The topological polar surface area (TPSA) is 31.2 Å². The van der Waals surface area contributed by atoms with Gasteiger partial charge in [0.15, 0.2) is 11.7 Å². The molecule has 4 heteroatoms. The first-order valence-electron chi connectivity index (χ1n) is 16.0. The van der Waals surface area contributed by atoms with E-state index >= 15 is 0 Å². The first-order valence-corrected chi connectivity index (χ1v) is 16.0. The van der Waals surface area contributed by atoms with Crippen molar-refractivity contribution in [2.45, 2.75) is 79.1 Å². The van der Waals surface area contributed by atoms with E-state index in [-0.39, 0.29) is 0 Å². The van der Waals surface area contributed by atoms with Crippen LogP contribution in [0.15, 0.2) is 107 Å². The van der Waals surface area contributed by atoms with Crippen molar-refractivity contribution in [1.29, 1.82) is 0 Å². The smallest absolute Gasteiger partial charge is 0.157 e. The number of hydrogen-bond acceptors (Lipinski definition) is 3. The Morgan fingerprint density at radius 2 is 0.727 bits per heavy atom. The van der Waals surface area contributed by atoms with Crippen molar-refractivity contribution < 1.29 is 0 Å². The van der Waals surface area contributed by atoms with E-state index in [0.29, 0.717) is 23.7 Å². The second-order valence-corrected chi connectivity index (χ2v) is 13.0. The summed E-state index contributed by atoms with van der Waals surface area (Å²) in [6.07, 6.45) is 0. The molecular weight excluding hydrogens is 536 g/mol. The maximum atomic E-state index is 5.62. The molecule has 0 radical (unpaired) electrons. The molecule has 4 rings (SSSR count). The molecule has 0 aliphatic carbocycles. The number of hydrazine groups is 1. The fourth-order valence-corrected chi connectivity index (χ4v) is 5.62. The first kappa shape index (κ1) is 32.9. The van der Waals surface area contributed by atoms with Crippen molar-refractivity contribution in [2.75, 3.05) is 14.1 Å². The highest BCUT2D eigenvalue weighted by Gasteiger charge is 2.26. The van der Waals surface area contributed by atoms with E-state index in [4.69, 9.17) is 9.98 Å². The Balaban J connectivity index is 2.14. The molecule has 4 aromatic rings. The van der Waals surface area contributed by atoms with Crippen LogP contribution >= 0.6 is 0 Å². The zero-order valence-electron chi connectivity index (χ0n) is 28.3. The zero-order valence-corrected chi connectivity index (χ0v) is 28.3. The van der Waals surface area contributed by atoms with Gasteiger partial charge in [0.1, 0.15) is 0 Å². The van der Waals surface area contributed by atoms with Crippen LogP contribution in [-0.2, 0) is 0 Å². The van der Waals surface area contributed by atoms with Crippen molar-refractivity contribution in [1.82, 2.24) is 10.0 Å². The van der Waals surface area contributed by atoms with E-state index in [1.165, 1.54) is 22.3 Å². The second-order valence-electron chi connectivity index (χ2n) is 13.0. The van der Waals surface area contributed by atoms with Crippen molar-refractivity contribution in [2.24, 2.45) is 9.98 Å². The molecule has 0 amide bonds. The third-order valence-electron chi connectivity index (χ3n) is 7.99. The van der Waals surface area contributed by atoms with E-state index in [1.54, 1.807) is 0 Å². The molecule has 0 spiro atoms. The zero-order chi connectivity index (χ0) is 32.0. The van der Waals surface area contributed by atoms with Crippen molar-refractivity contribution in [3.8, 4) is 0 Å². The molecule has 0 atom stereocenters. The Labute approximate surface area is 266 Å². The molecule has 0 heterocycles. The average Bonchev–Trinajstić information content (AvgIpc) is 3.00. The summed E-state index contributed by atoms with van der Waals surface area (Å²) in [5, 5.41) is 4.30. The van der Waals surface area contributed by atoms with Crippen LogP contribution in [0.5, 0.6) is 0 Å². The number of hydrogen-bond donors (Lipinski definition) is 0. The molecule has 0 N–H and O–H groups in total. The molecule has 4 aromatic carbocycles. The molecule has 4 nitrogen and oxygen atoms in total. The minimum Gasteiger partial charge on any atom is -0.238 e. The number of nitrogens with zero attached hydrogens (tertiary/aromatic N) is 4. The van der Waals surface area contributed by atoms with Crippen molar-refractivity contribution in [3.05, 3.63) is 130 Å². The van der Waals surface area contributed by atoms with Crippen LogP contribution in [0.4, 0.5) is 11.4 Å². The highest BCUT2D eigenvalue weighted by Crippen LogP contribution is 2.38. The molecule has 0 saturated carbocycles. The number of aliphatic imine (C=N–C) groups is 2. The minimum atomic E-state index is 0.325. The summed E-state index contributed by atoms with van der Waals surface area (Å²) in [4.78, 5) is 11.2. The maximum Gasteiger partial charge on any atom is 0.157 e. The Kier molecular flexibility index (Phi) is 10.9. The Morgan fingerprint density at radius 1 is 0.432 bits per heavy atom. The Bertz CT molecular complexity index is 1410. The molecular formula is C40H50N4. The minimum absolute atomic E-state index is 0.325. The van der Waals surface area contributed by atoms with Gasteiger partial charge in [-0.2, -0.15) is 0 Å². The lowest BCUT2D eigenvalue weighted by Crippen LogP contribution is -2.47.